The maximum Gasteiger partial charge on any atom is 0.0540 e. The minimum absolute atomic E-state index is 0.0661. The van der Waals surface area contributed by atoms with E-state index < -0.39 is 0 Å². The summed E-state index contributed by atoms with van der Waals surface area (Å²) in [6.07, 6.45) is 1.05. The third-order valence-electron chi connectivity index (χ3n) is 2.66. The second-order valence-corrected chi connectivity index (χ2v) is 4.38. The molecule has 96 valence electrons. The van der Waals surface area contributed by atoms with Crippen molar-refractivity contribution in [3.05, 3.63) is 41.0 Å². The van der Waals surface area contributed by atoms with Gasteiger partial charge in [-0.25, -0.2) is 0 Å². The molecule has 0 amide bonds. The van der Waals surface area contributed by atoms with Crippen molar-refractivity contribution in [2.24, 2.45) is 0 Å². The third-order valence-corrected chi connectivity index (χ3v) is 2.66. The van der Waals surface area contributed by atoms with Crippen molar-refractivity contribution in [3.8, 4) is 11.8 Å². The average Bonchev–Trinajstić information content (AvgIpc) is 2.31. The Morgan fingerprint density at radius 3 is 2.56 bits per heavy atom. The van der Waals surface area contributed by atoms with Crippen LogP contribution in [-0.2, 0) is 6.42 Å². The summed E-state index contributed by atoms with van der Waals surface area (Å²) in [6, 6.07) is 4.11. The number of rotatable bonds is 4. The van der Waals surface area contributed by atoms with Gasteiger partial charge in [0.1, 0.15) is 0 Å². The fraction of sp³-hybridized carbons (Fsp3) is 0.375. The Bertz CT molecular complexity index is 490. The first kappa shape index (κ1) is 14.5. The van der Waals surface area contributed by atoms with Crippen LogP contribution >= 0.6 is 0 Å². The number of allylic oxidation sites excluding steroid dienone is 1. The second-order valence-electron chi connectivity index (χ2n) is 4.38. The van der Waals surface area contributed by atoms with Crippen LogP contribution in [0.15, 0.2) is 18.7 Å². The van der Waals surface area contributed by atoms with Gasteiger partial charge in [0.05, 0.1) is 6.61 Å². The first-order chi connectivity index (χ1) is 8.60. The zero-order valence-corrected chi connectivity index (χ0v) is 11.1. The maximum absolute atomic E-state index is 9.13. The predicted octanol–water partition coefficient (Wildman–Crippen LogP) is 2.30. The number of benzene rings is 1. The molecule has 0 aliphatic carbocycles. The van der Waals surface area contributed by atoms with Gasteiger partial charge in [-0.1, -0.05) is 36.1 Å². The minimum Gasteiger partial charge on any atom is -0.396 e. The van der Waals surface area contributed by atoms with Crippen LogP contribution in [0.3, 0.4) is 0 Å². The van der Waals surface area contributed by atoms with Gasteiger partial charge >= 0.3 is 0 Å². The van der Waals surface area contributed by atoms with Crippen molar-refractivity contribution in [1.29, 1.82) is 0 Å². The van der Waals surface area contributed by atoms with Gasteiger partial charge in [-0.05, 0) is 37.0 Å². The molecule has 2 heteroatoms. The van der Waals surface area contributed by atoms with E-state index in [0.717, 1.165) is 27.8 Å². The molecule has 18 heavy (non-hydrogen) atoms. The van der Waals surface area contributed by atoms with Crippen molar-refractivity contribution >= 4 is 5.57 Å². The highest BCUT2D eigenvalue weighted by molar-refractivity contribution is 5.70. The molecule has 2 nitrogen and oxygen atoms in total. The maximum atomic E-state index is 9.13. The predicted molar refractivity (Wildman–Crippen MR) is 75.3 cm³/mol. The zero-order chi connectivity index (χ0) is 13.5. The third kappa shape index (κ3) is 3.73. The van der Waals surface area contributed by atoms with Crippen LogP contribution in [0.5, 0.6) is 0 Å². The molecule has 0 aliphatic rings. The van der Waals surface area contributed by atoms with Gasteiger partial charge in [0.15, 0.2) is 0 Å². The molecular weight excluding hydrogens is 224 g/mol. The highest BCUT2D eigenvalue weighted by Gasteiger charge is 2.08. The van der Waals surface area contributed by atoms with Gasteiger partial charge in [0.2, 0.25) is 0 Å². The summed E-state index contributed by atoms with van der Waals surface area (Å²) < 4.78 is 0. The molecule has 0 radical (unpaired) electrons. The lowest BCUT2D eigenvalue weighted by Crippen LogP contribution is -2.00. The normalized spacial score (nSPS) is 9.78. The van der Waals surface area contributed by atoms with E-state index >= 15 is 0 Å². The minimum atomic E-state index is 0.0661. The van der Waals surface area contributed by atoms with E-state index in [1.54, 1.807) is 0 Å². The van der Waals surface area contributed by atoms with Crippen molar-refractivity contribution < 1.29 is 10.2 Å². The number of aliphatic hydroxyl groups excluding tert-OH is 2. The summed E-state index contributed by atoms with van der Waals surface area (Å²) in [5.74, 6) is 6.04. The lowest BCUT2D eigenvalue weighted by Gasteiger charge is -2.11. The summed E-state index contributed by atoms with van der Waals surface area (Å²) >= 11 is 0. The van der Waals surface area contributed by atoms with E-state index in [0.29, 0.717) is 12.8 Å². The van der Waals surface area contributed by atoms with Gasteiger partial charge < -0.3 is 10.2 Å². The van der Waals surface area contributed by atoms with Gasteiger partial charge in [0.25, 0.3) is 0 Å². The number of aryl methyl sites for hydroxylation is 1. The second kappa shape index (κ2) is 7.00. The molecular formula is C16H20O2. The zero-order valence-electron chi connectivity index (χ0n) is 11.1. The van der Waals surface area contributed by atoms with E-state index in [4.69, 9.17) is 10.2 Å². The molecule has 0 fully saturated rings. The van der Waals surface area contributed by atoms with Gasteiger partial charge in [-0.15, -0.1) is 0 Å². The lowest BCUT2D eigenvalue weighted by atomic mass is 9.93. The van der Waals surface area contributed by atoms with E-state index in [9.17, 15) is 0 Å². The Balaban J connectivity index is 3.32. The standard InChI is InChI=1S/C16H20O2/c1-12(2)16-11-13(3)10-14(7-9-18)15(16)6-4-5-8-17/h10-11,17-18H,1,5,7-9H2,2-3H3. The number of hydrogen-bond acceptors (Lipinski definition) is 2. The largest absolute Gasteiger partial charge is 0.396 e. The highest BCUT2D eigenvalue weighted by Crippen LogP contribution is 2.23. The fourth-order valence-corrected chi connectivity index (χ4v) is 1.87. The Labute approximate surface area is 109 Å². The van der Waals surface area contributed by atoms with Gasteiger partial charge in [-0.2, -0.15) is 0 Å². The fourth-order valence-electron chi connectivity index (χ4n) is 1.87. The molecule has 0 spiro atoms. The van der Waals surface area contributed by atoms with E-state index in [-0.39, 0.29) is 13.2 Å². The molecule has 0 aliphatic heterocycles. The first-order valence-electron chi connectivity index (χ1n) is 6.10. The average molecular weight is 244 g/mol. The molecule has 0 atom stereocenters. The van der Waals surface area contributed by atoms with Crippen LogP contribution in [0.25, 0.3) is 5.57 Å². The number of hydrogen-bond donors (Lipinski definition) is 2. The quantitative estimate of drug-likeness (QED) is 0.798. The van der Waals surface area contributed by atoms with E-state index in [2.05, 4.69) is 24.5 Å². The SMILES string of the molecule is C=C(C)c1cc(C)cc(CCO)c1C#CCCO. The summed E-state index contributed by atoms with van der Waals surface area (Å²) in [6.45, 7) is 8.13. The van der Waals surface area contributed by atoms with E-state index in [1.807, 2.05) is 19.9 Å². The Morgan fingerprint density at radius 2 is 2.00 bits per heavy atom. The van der Waals surface area contributed by atoms with Gasteiger partial charge in [0, 0.05) is 18.6 Å². The molecule has 1 aromatic rings. The van der Waals surface area contributed by atoms with Crippen molar-refractivity contribution in [3.63, 3.8) is 0 Å². The summed E-state index contributed by atoms with van der Waals surface area (Å²) in [4.78, 5) is 0. The molecule has 1 aromatic carbocycles. The molecule has 0 saturated carbocycles. The van der Waals surface area contributed by atoms with Crippen molar-refractivity contribution in [2.75, 3.05) is 13.2 Å². The summed E-state index contributed by atoms with van der Waals surface area (Å²) in [7, 11) is 0. The molecule has 0 bridgehead atoms. The smallest absolute Gasteiger partial charge is 0.0540 e. The molecule has 0 aromatic heterocycles. The summed E-state index contributed by atoms with van der Waals surface area (Å²) in [5, 5.41) is 17.9. The lowest BCUT2D eigenvalue weighted by molar-refractivity contribution is 0.299. The Hall–Kier alpha value is -1.56. The number of aliphatic hydroxyl groups is 2. The van der Waals surface area contributed by atoms with Gasteiger partial charge in [-0.3, -0.25) is 0 Å². The Morgan fingerprint density at radius 1 is 1.28 bits per heavy atom. The van der Waals surface area contributed by atoms with Crippen LogP contribution in [0.2, 0.25) is 0 Å². The van der Waals surface area contributed by atoms with Crippen LogP contribution in [0.4, 0.5) is 0 Å². The van der Waals surface area contributed by atoms with E-state index in [1.165, 1.54) is 0 Å². The molecule has 0 unspecified atom stereocenters. The molecule has 0 saturated heterocycles. The van der Waals surface area contributed by atoms with Crippen LogP contribution in [0, 0.1) is 18.8 Å². The van der Waals surface area contributed by atoms with Crippen LogP contribution in [0.1, 0.15) is 35.6 Å². The topological polar surface area (TPSA) is 40.5 Å². The van der Waals surface area contributed by atoms with Crippen molar-refractivity contribution in [2.45, 2.75) is 26.7 Å². The molecule has 2 N–H and O–H groups in total. The molecule has 0 heterocycles. The van der Waals surface area contributed by atoms with Crippen LogP contribution < -0.4 is 0 Å². The monoisotopic (exact) mass is 244 g/mol. The summed E-state index contributed by atoms with van der Waals surface area (Å²) in [5.41, 5.74) is 5.11. The highest BCUT2D eigenvalue weighted by atomic mass is 16.3. The molecule has 1 rings (SSSR count). The Kier molecular flexibility index (Phi) is 5.64. The van der Waals surface area contributed by atoms with Crippen molar-refractivity contribution in [1.82, 2.24) is 0 Å². The van der Waals surface area contributed by atoms with Crippen LogP contribution in [-0.4, -0.2) is 23.4 Å². The first-order valence-corrected chi connectivity index (χ1v) is 6.10.